The maximum Gasteiger partial charge on any atom is 2.00 e. The van der Waals surface area contributed by atoms with Crippen LogP contribution in [-0.4, -0.2) is 68.8 Å². The molecule has 0 fully saturated rings. The van der Waals surface area contributed by atoms with E-state index in [1.54, 1.807) is 24.3 Å². The zero-order valence-electron chi connectivity index (χ0n) is 39.2. The van der Waals surface area contributed by atoms with E-state index in [4.69, 9.17) is 9.47 Å². The van der Waals surface area contributed by atoms with Crippen LogP contribution in [0.15, 0.2) is 94.7 Å². The monoisotopic (exact) mass is 962 g/mol. The molecule has 4 aromatic rings. The molecule has 0 bridgehead atoms. The van der Waals surface area contributed by atoms with Crippen molar-refractivity contribution in [3.05, 3.63) is 96.1 Å². The Morgan fingerprint density at radius 3 is 1.12 bits per heavy atom. The predicted molar refractivity (Wildman–Crippen MR) is 260 cm³/mol. The van der Waals surface area contributed by atoms with Gasteiger partial charge in [-0.25, -0.2) is 8.42 Å². The van der Waals surface area contributed by atoms with Crippen molar-refractivity contribution in [2.45, 2.75) is 191 Å². The molecular weight excluding hydrogens is 889 g/mol. The summed E-state index contributed by atoms with van der Waals surface area (Å²) in [5.41, 5.74) is 2.38. The predicted octanol–water partition coefficient (Wildman–Crippen LogP) is 14.0. The normalized spacial score (nSPS) is 11.4. The van der Waals surface area contributed by atoms with Crippen LogP contribution >= 0.6 is 0 Å². The zero-order valence-corrected chi connectivity index (χ0v) is 43.0. The van der Waals surface area contributed by atoms with E-state index in [1.165, 1.54) is 183 Å². The molecule has 0 radical (unpaired) electrons. The van der Waals surface area contributed by atoms with E-state index in [2.05, 4.69) is 13.8 Å². The first-order valence-corrected chi connectivity index (χ1v) is 26.8. The number of phenolic OH excluding ortho intramolecular Hbond substituents is 1. The fourth-order valence-electron chi connectivity index (χ4n) is 7.71. The van der Waals surface area contributed by atoms with Crippen molar-refractivity contribution in [3.63, 3.8) is 0 Å². The Kier molecular flexibility index (Phi) is 30.1. The van der Waals surface area contributed by atoms with Crippen molar-refractivity contribution in [2.75, 3.05) is 0 Å². The quantitative estimate of drug-likeness (QED) is 0.0272. The molecule has 4 aromatic carbocycles. The summed E-state index contributed by atoms with van der Waals surface area (Å²) in [4.78, 5) is -1.47. The second kappa shape index (κ2) is 33.6. The molecule has 0 aromatic heterocycles. The minimum Gasteiger partial charge on any atom is -0.872 e. The number of benzene rings is 4. The van der Waals surface area contributed by atoms with Crippen LogP contribution in [0.2, 0.25) is 0 Å². The van der Waals surface area contributed by atoms with Crippen LogP contribution in [0.5, 0.6) is 34.5 Å². The van der Waals surface area contributed by atoms with Crippen molar-refractivity contribution < 1.29 is 45.6 Å². The van der Waals surface area contributed by atoms with Crippen molar-refractivity contribution in [1.29, 1.82) is 0 Å². The van der Waals surface area contributed by atoms with Gasteiger partial charge in [-0.1, -0.05) is 203 Å². The molecule has 4 rings (SSSR count). The summed E-state index contributed by atoms with van der Waals surface area (Å²) in [5.74, 6) is -0.921. The van der Waals surface area contributed by atoms with Gasteiger partial charge in [-0.2, -0.15) is 8.42 Å². The number of aromatic hydroxyl groups is 1. The number of phenols is 1. The number of rotatable bonds is 32. The average molecular weight is 963 g/mol. The van der Waals surface area contributed by atoms with Gasteiger partial charge in [0.2, 0.25) is 0 Å². The summed E-state index contributed by atoms with van der Waals surface area (Å²) in [6, 6.07) is 22.5. The van der Waals surface area contributed by atoms with Crippen molar-refractivity contribution in [3.8, 4) is 34.5 Å². The van der Waals surface area contributed by atoms with Gasteiger partial charge < -0.3 is 24.2 Å². The summed E-state index contributed by atoms with van der Waals surface area (Å²) >= 11 is 0. The van der Waals surface area contributed by atoms with E-state index in [-0.39, 0.29) is 49.2 Å². The fraction of sp³-hybridized carbons (Fsp3) is 0.538. The molecule has 2 N–H and O–H groups in total. The molecule has 356 valence electrons. The molecule has 10 nitrogen and oxygen atoms in total. The largest absolute Gasteiger partial charge is 2.00 e. The Labute approximate surface area is 421 Å². The first-order valence-electron chi connectivity index (χ1n) is 23.9. The number of unbranched alkanes of at least 4 members (excludes halogenated alkanes) is 22. The van der Waals surface area contributed by atoms with Crippen LogP contribution in [-0.2, 0) is 33.1 Å². The second-order valence-electron chi connectivity index (χ2n) is 16.9. The summed E-state index contributed by atoms with van der Waals surface area (Å²) < 4.78 is 77.6. The van der Waals surface area contributed by atoms with Gasteiger partial charge in [0.15, 0.2) is 10.6 Å². The number of ether oxygens (including phenoxy) is 2. The molecule has 0 spiro atoms. The summed E-state index contributed by atoms with van der Waals surface area (Å²) in [6.07, 6.45) is 33.8. The molecule has 0 aliphatic heterocycles. The van der Waals surface area contributed by atoms with Gasteiger partial charge in [0.05, 0.1) is 4.90 Å². The molecule has 0 atom stereocenters. The molecule has 13 heteroatoms. The van der Waals surface area contributed by atoms with Crippen molar-refractivity contribution in [1.82, 2.24) is 0 Å². The Morgan fingerprint density at radius 2 is 0.785 bits per heavy atom. The molecule has 0 amide bonds. The van der Waals surface area contributed by atoms with E-state index in [1.807, 2.05) is 24.3 Å². The molecule has 0 aliphatic carbocycles. The third-order valence-corrected chi connectivity index (χ3v) is 13.2. The molecular formula is C52H74CaO10S2. The second-order valence-corrected chi connectivity index (χ2v) is 19.6. The Balaban J connectivity index is 0.000000440. The summed E-state index contributed by atoms with van der Waals surface area (Å²) in [5, 5.41) is 21.5. The topological polar surface area (TPSA) is 173 Å². The molecule has 0 saturated carbocycles. The number of hydrogen-bond donors (Lipinski definition) is 2. The number of hydrogen-bond acceptors (Lipinski definition) is 9. The van der Waals surface area contributed by atoms with Crippen LogP contribution in [0, 0.1) is 0 Å². The first kappa shape index (κ1) is 58.3. The van der Waals surface area contributed by atoms with Gasteiger partial charge in [0.25, 0.3) is 0 Å². The van der Waals surface area contributed by atoms with Crippen LogP contribution < -0.4 is 14.6 Å². The summed E-state index contributed by atoms with van der Waals surface area (Å²) in [7, 11) is -9.51. The average Bonchev–Trinajstić information content (AvgIpc) is 3.25. The van der Waals surface area contributed by atoms with E-state index >= 15 is 0 Å². The third kappa shape index (κ3) is 24.7. The summed E-state index contributed by atoms with van der Waals surface area (Å²) in [6.45, 7) is 4.51. The maximum absolute atomic E-state index is 11.8. The minimum absolute atomic E-state index is 0. The minimum atomic E-state index is -4.91. The van der Waals surface area contributed by atoms with Crippen molar-refractivity contribution in [2.24, 2.45) is 0 Å². The van der Waals surface area contributed by atoms with Gasteiger partial charge in [-0.3, -0.25) is 4.55 Å². The van der Waals surface area contributed by atoms with E-state index < -0.39 is 41.5 Å². The zero-order chi connectivity index (χ0) is 46.5. The van der Waals surface area contributed by atoms with Crippen molar-refractivity contribution >= 4 is 58.0 Å². The Bertz CT molecular complexity index is 1940. The van der Waals surface area contributed by atoms with Gasteiger partial charge in [-0.15, -0.1) is 0 Å². The standard InChI is InChI=1S/2C26H38O5S.Ca/c2*1-2-3-4-5-6-7-8-9-10-11-12-13-15-22-18-20-23(21-19-22)31-25-17-14-16-24(27)26(25)32(28,29)30;/h2*14,16-21,27H,2-13,15H2,1H3,(H,28,29,30);/q;;+2/p-2. The molecule has 0 unspecified atom stereocenters. The third-order valence-electron chi connectivity index (χ3n) is 11.3. The van der Waals surface area contributed by atoms with Gasteiger partial charge in [-0.05, 0) is 79.3 Å². The smallest absolute Gasteiger partial charge is 0.872 e. The van der Waals surface area contributed by atoms with Crippen LogP contribution in [0.4, 0.5) is 0 Å². The van der Waals surface area contributed by atoms with Gasteiger partial charge in [0.1, 0.15) is 33.1 Å². The maximum atomic E-state index is 11.8. The first-order chi connectivity index (χ1) is 30.8. The SMILES string of the molecule is CCCCCCCCCCCCCCc1ccc(Oc2cccc(O)c2S(=O)(=O)O)cc1.CCCCCCCCCCCCCCc1ccc(Oc2cccc([O-])c2S(=O)(=O)[O-])cc1.[Ca+2]. The molecule has 0 heterocycles. The van der Waals surface area contributed by atoms with E-state index in [9.17, 15) is 36.2 Å². The van der Waals surface area contributed by atoms with E-state index in [0.29, 0.717) is 11.5 Å². The molecule has 0 aliphatic rings. The Hall–Kier alpha value is -2.84. The number of aryl methyl sites for hydroxylation is 2. The fourth-order valence-corrected chi connectivity index (χ4v) is 9.08. The molecule has 65 heavy (non-hydrogen) atoms. The van der Waals surface area contributed by atoms with Crippen LogP contribution in [0.1, 0.15) is 179 Å². The van der Waals surface area contributed by atoms with Crippen LogP contribution in [0.25, 0.3) is 0 Å². The molecule has 0 saturated heterocycles. The van der Waals surface area contributed by atoms with Gasteiger partial charge >= 0.3 is 47.9 Å². The van der Waals surface area contributed by atoms with E-state index in [0.717, 1.165) is 31.7 Å². The Morgan fingerprint density at radius 1 is 0.462 bits per heavy atom. The van der Waals surface area contributed by atoms with Crippen LogP contribution in [0.3, 0.4) is 0 Å². The van der Waals surface area contributed by atoms with Gasteiger partial charge in [0, 0.05) is 0 Å².